The minimum absolute atomic E-state index is 0.0512. The van der Waals surface area contributed by atoms with Gasteiger partial charge in [0, 0.05) is 5.56 Å². The number of hydrogen-bond donors (Lipinski definition) is 1. The van der Waals surface area contributed by atoms with Gasteiger partial charge in [0.25, 0.3) is 0 Å². The summed E-state index contributed by atoms with van der Waals surface area (Å²) in [5.74, 6) is 0.878. The second kappa shape index (κ2) is 6.48. The highest BCUT2D eigenvalue weighted by molar-refractivity contribution is 5.42. The number of rotatable bonds is 5. The number of ether oxygens (including phenoxy) is 1. The van der Waals surface area contributed by atoms with Gasteiger partial charge >= 0.3 is 0 Å². The van der Waals surface area contributed by atoms with Gasteiger partial charge in [0.15, 0.2) is 0 Å². The van der Waals surface area contributed by atoms with E-state index in [4.69, 9.17) is 4.74 Å². The molecule has 2 aromatic rings. The van der Waals surface area contributed by atoms with Crippen molar-refractivity contribution in [1.82, 2.24) is 15.5 Å². The van der Waals surface area contributed by atoms with E-state index in [0.717, 1.165) is 34.7 Å². The molecule has 0 fully saturated rings. The molecule has 1 N–H and O–H groups in total. The van der Waals surface area contributed by atoms with E-state index >= 15 is 0 Å². The fourth-order valence-electron chi connectivity index (χ4n) is 2.44. The summed E-state index contributed by atoms with van der Waals surface area (Å²) >= 11 is 0. The topological polar surface area (TPSA) is 47.0 Å². The van der Waals surface area contributed by atoms with Gasteiger partial charge < -0.3 is 10.1 Å². The van der Waals surface area contributed by atoms with Crippen LogP contribution >= 0.6 is 0 Å². The summed E-state index contributed by atoms with van der Waals surface area (Å²) in [6.45, 7) is 4.06. The lowest BCUT2D eigenvalue weighted by Gasteiger charge is -2.21. The van der Waals surface area contributed by atoms with Crippen molar-refractivity contribution in [1.29, 1.82) is 0 Å². The maximum atomic E-state index is 5.48. The molecular weight excluding hydrogens is 250 g/mol. The first-order valence-corrected chi connectivity index (χ1v) is 6.84. The zero-order valence-electron chi connectivity index (χ0n) is 12.5. The van der Waals surface area contributed by atoms with E-state index in [2.05, 4.69) is 34.6 Å². The van der Waals surface area contributed by atoms with Crippen LogP contribution in [0.5, 0.6) is 5.75 Å². The molecule has 0 aliphatic rings. The van der Waals surface area contributed by atoms with Crippen LogP contribution in [-0.4, -0.2) is 24.4 Å². The second-order valence-electron chi connectivity index (χ2n) is 4.70. The van der Waals surface area contributed by atoms with Gasteiger partial charge in [0.2, 0.25) is 0 Å². The first-order valence-electron chi connectivity index (χ1n) is 6.84. The number of aromatic nitrogens is 2. The Morgan fingerprint density at radius 3 is 2.60 bits per heavy atom. The molecule has 1 aromatic carbocycles. The van der Waals surface area contributed by atoms with Crippen LogP contribution in [0.4, 0.5) is 0 Å². The van der Waals surface area contributed by atoms with Crippen LogP contribution in [0.1, 0.15) is 35.5 Å². The number of nitrogens with one attached hydrogen (secondary N) is 1. The molecule has 0 bridgehead atoms. The van der Waals surface area contributed by atoms with Crippen molar-refractivity contribution in [2.75, 3.05) is 14.2 Å². The third-order valence-electron chi connectivity index (χ3n) is 3.41. The predicted octanol–water partition coefficient (Wildman–Crippen LogP) is 2.66. The van der Waals surface area contributed by atoms with Gasteiger partial charge in [-0.1, -0.05) is 25.1 Å². The first kappa shape index (κ1) is 14.5. The van der Waals surface area contributed by atoms with E-state index in [1.54, 1.807) is 7.11 Å². The molecule has 1 unspecified atom stereocenters. The van der Waals surface area contributed by atoms with Crippen molar-refractivity contribution >= 4 is 0 Å². The second-order valence-corrected chi connectivity index (χ2v) is 4.70. The number of benzene rings is 1. The molecule has 1 atom stereocenters. The monoisotopic (exact) mass is 271 g/mol. The number of nitrogens with zero attached hydrogens (tertiary/aromatic N) is 2. The quantitative estimate of drug-likeness (QED) is 0.908. The summed E-state index contributed by atoms with van der Waals surface area (Å²) < 4.78 is 5.48. The molecule has 0 aliphatic heterocycles. The highest BCUT2D eigenvalue weighted by atomic mass is 16.5. The zero-order chi connectivity index (χ0) is 14.5. The fraction of sp³-hybridized carbons (Fsp3) is 0.375. The van der Waals surface area contributed by atoms with E-state index in [0.29, 0.717) is 0 Å². The molecule has 0 amide bonds. The molecule has 0 radical (unpaired) electrons. The Morgan fingerprint density at radius 2 is 1.95 bits per heavy atom. The largest absolute Gasteiger partial charge is 0.496 e. The molecule has 20 heavy (non-hydrogen) atoms. The third kappa shape index (κ3) is 2.80. The van der Waals surface area contributed by atoms with Crippen molar-refractivity contribution in [3.63, 3.8) is 0 Å². The Balaban J connectivity index is 2.55. The molecule has 1 heterocycles. The van der Waals surface area contributed by atoms with Crippen molar-refractivity contribution in [3.05, 3.63) is 52.8 Å². The van der Waals surface area contributed by atoms with Crippen molar-refractivity contribution in [3.8, 4) is 5.75 Å². The summed E-state index contributed by atoms with van der Waals surface area (Å²) in [6, 6.07) is 10.2. The molecule has 2 rings (SSSR count). The Kier molecular flexibility index (Phi) is 4.69. The summed E-state index contributed by atoms with van der Waals surface area (Å²) in [4.78, 5) is 0. The average Bonchev–Trinajstić information content (AvgIpc) is 2.49. The standard InChI is InChI=1S/C16H21N3O/c1-5-14-13(10-11(2)18-19-14)16(17-3)12-8-6-7-9-15(12)20-4/h6-10,16-17H,5H2,1-4H3. The Morgan fingerprint density at radius 1 is 1.20 bits per heavy atom. The van der Waals surface area contributed by atoms with Gasteiger partial charge in [-0.2, -0.15) is 10.2 Å². The van der Waals surface area contributed by atoms with Gasteiger partial charge in [-0.3, -0.25) is 0 Å². The van der Waals surface area contributed by atoms with Crippen molar-refractivity contribution in [2.24, 2.45) is 0 Å². The highest BCUT2D eigenvalue weighted by Crippen LogP contribution is 2.31. The van der Waals surface area contributed by atoms with Gasteiger partial charge in [-0.15, -0.1) is 0 Å². The van der Waals surface area contributed by atoms with Crippen LogP contribution in [0.25, 0.3) is 0 Å². The normalized spacial score (nSPS) is 12.2. The summed E-state index contributed by atoms with van der Waals surface area (Å²) in [5, 5.41) is 11.8. The SMILES string of the molecule is CCc1nnc(C)cc1C(NC)c1ccccc1OC. The number of hydrogen-bond acceptors (Lipinski definition) is 4. The predicted molar refractivity (Wildman–Crippen MR) is 80.0 cm³/mol. The summed E-state index contributed by atoms with van der Waals surface area (Å²) in [7, 11) is 3.65. The Bertz CT molecular complexity index is 584. The van der Waals surface area contributed by atoms with E-state index < -0.39 is 0 Å². The minimum Gasteiger partial charge on any atom is -0.496 e. The molecule has 0 saturated carbocycles. The Hall–Kier alpha value is -1.94. The summed E-state index contributed by atoms with van der Waals surface area (Å²) in [6.07, 6.45) is 0.857. The number of methoxy groups -OCH3 is 1. The molecule has 1 aromatic heterocycles. The van der Waals surface area contributed by atoms with Crippen molar-refractivity contribution < 1.29 is 4.74 Å². The van der Waals surface area contributed by atoms with Crippen LogP contribution in [0.3, 0.4) is 0 Å². The minimum atomic E-state index is 0.0512. The molecule has 0 saturated heterocycles. The Labute approximate surface area is 120 Å². The van der Waals surface area contributed by atoms with Gasteiger partial charge in [0.05, 0.1) is 24.5 Å². The van der Waals surface area contributed by atoms with Crippen LogP contribution in [0.15, 0.2) is 30.3 Å². The van der Waals surface area contributed by atoms with E-state index in [1.165, 1.54) is 0 Å². The summed E-state index contributed by atoms with van der Waals surface area (Å²) in [5.41, 5.74) is 4.21. The van der Waals surface area contributed by atoms with Crippen LogP contribution in [-0.2, 0) is 6.42 Å². The number of aryl methyl sites for hydroxylation is 2. The van der Waals surface area contributed by atoms with E-state index in [1.807, 2.05) is 32.2 Å². The van der Waals surface area contributed by atoms with Crippen molar-refractivity contribution in [2.45, 2.75) is 26.3 Å². The molecule has 0 aliphatic carbocycles. The van der Waals surface area contributed by atoms with Crippen LogP contribution < -0.4 is 10.1 Å². The lowest BCUT2D eigenvalue weighted by Crippen LogP contribution is -2.21. The van der Waals surface area contributed by atoms with Crippen LogP contribution in [0.2, 0.25) is 0 Å². The van der Waals surface area contributed by atoms with E-state index in [9.17, 15) is 0 Å². The molecular formula is C16H21N3O. The maximum absolute atomic E-state index is 5.48. The highest BCUT2D eigenvalue weighted by Gasteiger charge is 2.20. The molecule has 106 valence electrons. The van der Waals surface area contributed by atoms with Gasteiger partial charge in [0.1, 0.15) is 5.75 Å². The zero-order valence-corrected chi connectivity index (χ0v) is 12.5. The van der Waals surface area contributed by atoms with Crippen LogP contribution in [0, 0.1) is 6.92 Å². The van der Waals surface area contributed by atoms with Gasteiger partial charge in [-0.05, 0) is 38.1 Å². The lowest BCUT2D eigenvalue weighted by atomic mass is 9.95. The number of para-hydroxylation sites is 1. The third-order valence-corrected chi connectivity index (χ3v) is 3.41. The molecule has 4 heteroatoms. The molecule has 0 spiro atoms. The maximum Gasteiger partial charge on any atom is 0.123 e. The molecule has 4 nitrogen and oxygen atoms in total. The smallest absolute Gasteiger partial charge is 0.123 e. The fourth-order valence-corrected chi connectivity index (χ4v) is 2.44. The average molecular weight is 271 g/mol. The van der Waals surface area contributed by atoms with Gasteiger partial charge in [-0.25, -0.2) is 0 Å². The van der Waals surface area contributed by atoms with E-state index in [-0.39, 0.29) is 6.04 Å². The first-order chi connectivity index (χ1) is 9.71. The lowest BCUT2D eigenvalue weighted by molar-refractivity contribution is 0.405.